The number of amides is 2. The Morgan fingerprint density at radius 3 is 2.67 bits per heavy atom. The Hall–Kier alpha value is -2.69. The first-order chi connectivity index (χ1) is 13.1. The number of benzene rings is 1. The van der Waals surface area contributed by atoms with Gasteiger partial charge in [-0.2, -0.15) is 0 Å². The summed E-state index contributed by atoms with van der Waals surface area (Å²) in [5, 5.41) is 2.97. The third kappa shape index (κ3) is 4.54. The van der Waals surface area contributed by atoms with Gasteiger partial charge in [0.15, 0.2) is 0 Å². The van der Waals surface area contributed by atoms with Gasteiger partial charge < -0.3 is 10.2 Å². The summed E-state index contributed by atoms with van der Waals surface area (Å²) in [6.07, 6.45) is 7.27. The van der Waals surface area contributed by atoms with Crippen LogP contribution < -0.4 is 5.32 Å². The quantitative estimate of drug-likeness (QED) is 0.872. The number of nitrogens with one attached hydrogen (secondary N) is 1. The molecule has 3 rings (SSSR count). The van der Waals surface area contributed by atoms with E-state index in [2.05, 4.69) is 17.2 Å². The van der Waals surface area contributed by atoms with Gasteiger partial charge >= 0.3 is 0 Å². The van der Waals surface area contributed by atoms with E-state index in [1.807, 2.05) is 42.2 Å². The second-order valence-electron chi connectivity index (χ2n) is 7.12. The Morgan fingerprint density at radius 2 is 1.93 bits per heavy atom. The molecule has 2 atom stereocenters. The molecule has 1 aliphatic heterocycles. The Bertz CT molecular complexity index is 791. The average molecular weight is 365 g/mol. The van der Waals surface area contributed by atoms with Crippen LogP contribution in [0.25, 0.3) is 0 Å². The molecule has 0 bridgehead atoms. The Labute approximate surface area is 160 Å². The van der Waals surface area contributed by atoms with Gasteiger partial charge in [0.25, 0.3) is 11.8 Å². The molecule has 1 aliphatic rings. The molecule has 0 spiro atoms. The van der Waals surface area contributed by atoms with E-state index in [0.717, 1.165) is 31.4 Å². The summed E-state index contributed by atoms with van der Waals surface area (Å²) in [5.74, 6) is -0.251. The number of piperidine rings is 1. The van der Waals surface area contributed by atoms with Crippen LogP contribution in [0, 0.1) is 0 Å². The summed E-state index contributed by atoms with van der Waals surface area (Å²) >= 11 is 0. The highest BCUT2D eigenvalue weighted by Gasteiger charge is 2.26. The number of hydrogen-bond acceptors (Lipinski definition) is 3. The van der Waals surface area contributed by atoms with Crippen molar-refractivity contribution in [2.24, 2.45) is 0 Å². The normalized spacial score (nSPS) is 18.0. The highest BCUT2D eigenvalue weighted by Crippen LogP contribution is 2.22. The number of rotatable bonds is 5. The molecule has 142 valence electrons. The number of nitrogens with zero attached hydrogens (tertiary/aromatic N) is 2. The maximum atomic E-state index is 12.9. The predicted octanol–water partition coefficient (Wildman–Crippen LogP) is 3.98. The minimum atomic E-state index is -0.223. The molecule has 1 fully saturated rings. The molecule has 27 heavy (non-hydrogen) atoms. The van der Waals surface area contributed by atoms with Gasteiger partial charge in [0.1, 0.15) is 0 Å². The number of likely N-dealkylation sites (tertiary alicyclic amines) is 1. The zero-order chi connectivity index (χ0) is 19.2. The van der Waals surface area contributed by atoms with Crippen molar-refractivity contribution in [2.75, 3.05) is 6.54 Å². The molecule has 5 nitrogen and oxygen atoms in total. The minimum Gasteiger partial charge on any atom is -0.345 e. The fraction of sp³-hybridized carbons (Fsp3) is 0.409. The van der Waals surface area contributed by atoms with Crippen LogP contribution in [0.5, 0.6) is 0 Å². The molecule has 1 aromatic carbocycles. The van der Waals surface area contributed by atoms with E-state index in [9.17, 15) is 9.59 Å². The topological polar surface area (TPSA) is 62.3 Å². The van der Waals surface area contributed by atoms with Gasteiger partial charge in [-0.3, -0.25) is 14.6 Å². The van der Waals surface area contributed by atoms with Crippen LogP contribution >= 0.6 is 0 Å². The monoisotopic (exact) mass is 365 g/mol. The minimum absolute atomic E-state index is 0.0280. The third-order valence-corrected chi connectivity index (χ3v) is 5.25. The summed E-state index contributed by atoms with van der Waals surface area (Å²) in [4.78, 5) is 31.6. The van der Waals surface area contributed by atoms with Crippen molar-refractivity contribution in [2.45, 2.75) is 51.6 Å². The standard InChI is InChI=1S/C22H27N3O2/c1-3-20-11-7-8-12-25(20)22(27)19-13-18(14-23-15-19)21(26)24-16(2)17-9-5-4-6-10-17/h4-6,9-10,13-16,20H,3,7-8,11-12H2,1-2H3,(H,24,26). The van der Waals surface area contributed by atoms with E-state index in [-0.39, 0.29) is 23.9 Å². The summed E-state index contributed by atoms with van der Waals surface area (Å²) < 4.78 is 0. The van der Waals surface area contributed by atoms with Crippen molar-refractivity contribution in [1.82, 2.24) is 15.2 Å². The second kappa shape index (κ2) is 8.80. The van der Waals surface area contributed by atoms with E-state index in [0.29, 0.717) is 11.1 Å². The van der Waals surface area contributed by atoms with E-state index in [4.69, 9.17) is 0 Å². The van der Waals surface area contributed by atoms with Crippen LogP contribution in [0.15, 0.2) is 48.8 Å². The molecule has 2 amide bonds. The molecule has 5 heteroatoms. The maximum Gasteiger partial charge on any atom is 0.255 e. The van der Waals surface area contributed by atoms with Gasteiger partial charge in [-0.15, -0.1) is 0 Å². The molecular weight excluding hydrogens is 338 g/mol. The zero-order valence-corrected chi connectivity index (χ0v) is 16.0. The zero-order valence-electron chi connectivity index (χ0n) is 16.0. The molecule has 1 aromatic heterocycles. The van der Waals surface area contributed by atoms with E-state index < -0.39 is 0 Å². The SMILES string of the molecule is CCC1CCCCN1C(=O)c1cncc(C(=O)NC(C)c2ccccc2)c1. The van der Waals surface area contributed by atoms with Gasteiger partial charge in [0.05, 0.1) is 17.2 Å². The Kier molecular flexibility index (Phi) is 6.22. The molecule has 2 heterocycles. The van der Waals surface area contributed by atoms with Crippen molar-refractivity contribution in [1.29, 1.82) is 0 Å². The molecule has 0 saturated carbocycles. The first kappa shape index (κ1) is 19.1. The van der Waals surface area contributed by atoms with Crippen molar-refractivity contribution in [3.05, 3.63) is 65.5 Å². The van der Waals surface area contributed by atoms with Crippen molar-refractivity contribution in [3.8, 4) is 0 Å². The van der Waals surface area contributed by atoms with E-state index in [1.54, 1.807) is 12.3 Å². The lowest BCUT2D eigenvalue weighted by molar-refractivity contribution is 0.0607. The molecule has 2 unspecified atom stereocenters. The van der Waals surface area contributed by atoms with Gasteiger partial charge in [-0.25, -0.2) is 0 Å². The summed E-state index contributed by atoms with van der Waals surface area (Å²) in [6.45, 7) is 4.83. The lowest BCUT2D eigenvalue weighted by Gasteiger charge is -2.35. The van der Waals surface area contributed by atoms with Crippen LogP contribution in [0.4, 0.5) is 0 Å². The van der Waals surface area contributed by atoms with Gasteiger partial charge in [0.2, 0.25) is 0 Å². The summed E-state index contributed by atoms with van der Waals surface area (Å²) in [6, 6.07) is 11.6. The highest BCUT2D eigenvalue weighted by atomic mass is 16.2. The van der Waals surface area contributed by atoms with Crippen molar-refractivity contribution < 1.29 is 9.59 Å². The molecular formula is C22H27N3O2. The van der Waals surface area contributed by atoms with Crippen LogP contribution in [-0.4, -0.2) is 34.3 Å². The highest BCUT2D eigenvalue weighted by molar-refractivity contribution is 5.99. The number of carbonyl (C=O) groups excluding carboxylic acids is 2. The number of hydrogen-bond donors (Lipinski definition) is 1. The number of aromatic nitrogens is 1. The lowest BCUT2D eigenvalue weighted by atomic mass is 9.99. The smallest absolute Gasteiger partial charge is 0.255 e. The number of carbonyl (C=O) groups is 2. The van der Waals surface area contributed by atoms with Gasteiger partial charge in [-0.05, 0) is 44.2 Å². The molecule has 2 aromatic rings. The second-order valence-corrected chi connectivity index (χ2v) is 7.12. The van der Waals surface area contributed by atoms with Crippen LogP contribution in [0.3, 0.4) is 0 Å². The van der Waals surface area contributed by atoms with Gasteiger partial charge in [0, 0.05) is 25.0 Å². The third-order valence-electron chi connectivity index (χ3n) is 5.25. The first-order valence-corrected chi connectivity index (χ1v) is 9.72. The predicted molar refractivity (Wildman–Crippen MR) is 106 cm³/mol. The van der Waals surface area contributed by atoms with Gasteiger partial charge in [-0.1, -0.05) is 37.3 Å². The van der Waals surface area contributed by atoms with Crippen molar-refractivity contribution in [3.63, 3.8) is 0 Å². The van der Waals surface area contributed by atoms with Crippen LogP contribution in [0.1, 0.15) is 71.9 Å². The Balaban J connectivity index is 1.72. The molecule has 1 N–H and O–H groups in total. The van der Waals surface area contributed by atoms with Crippen molar-refractivity contribution >= 4 is 11.8 Å². The summed E-state index contributed by atoms with van der Waals surface area (Å²) in [7, 11) is 0. The van der Waals surface area contributed by atoms with Crippen LogP contribution in [-0.2, 0) is 0 Å². The fourth-order valence-electron chi connectivity index (χ4n) is 3.64. The average Bonchev–Trinajstić information content (AvgIpc) is 2.73. The molecule has 1 saturated heterocycles. The lowest BCUT2D eigenvalue weighted by Crippen LogP contribution is -2.43. The fourth-order valence-corrected chi connectivity index (χ4v) is 3.64. The molecule has 0 aliphatic carbocycles. The maximum absolute atomic E-state index is 12.9. The number of pyridine rings is 1. The first-order valence-electron chi connectivity index (χ1n) is 9.72. The van der Waals surface area contributed by atoms with E-state index in [1.165, 1.54) is 12.6 Å². The van der Waals surface area contributed by atoms with Crippen LogP contribution in [0.2, 0.25) is 0 Å². The van der Waals surface area contributed by atoms with E-state index >= 15 is 0 Å². The largest absolute Gasteiger partial charge is 0.345 e. The summed E-state index contributed by atoms with van der Waals surface area (Å²) in [5.41, 5.74) is 1.93. The molecule has 0 radical (unpaired) electrons. The Morgan fingerprint density at radius 1 is 1.19 bits per heavy atom.